The lowest BCUT2D eigenvalue weighted by Gasteiger charge is -2.43. The molecule has 1 aliphatic heterocycles. The third-order valence-electron chi connectivity index (χ3n) is 5.78. The summed E-state index contributed by atoms with van der Waals surface area (Å²) in [6.45, 7) is 11.7. The molecule has 0 aromatic heterocycles. The lowest BCUT2D eigenvalue weighted by Crippen LogP contribution is -2.47. The maximum Gasteiger partial charge on any atom is 0.174 e. The first-order chi connectivity index (χ1) is 11.0. The number of aldehydes is 1. The van der Waals surface area contributed by atoms with Gasteiger partial charge in [0.15, 0.2) is 5.79 Å². The van der Waals surface area contributed by atoms with Crippen LogP contribution in [0.5, 0.6) is 0 Å². The van der Waals surface area contributed by atoms with E-state index in [9.17, 15) is 4.79 Å². The normalized spacial score (nSPS) is 30.3. The van der Waals surface area contributed by atoms with Crippen LogP contribution in [-0.2, 0) is 14.3 Å². The van der Waals surface area contributed by atoms with E-state index in [-0.39, 0.29) is 11.3 Å². The van der Waals surface area contributed by atoms with Crippen molar-refractivity contribution in [2.24, 2.45) is 17.3 Å². The second-order valence-corrected chi connectivity index (χ2v) is 7.59. The fourth-order valence-electron chi connectivity index (χ4n) is 4.38. The van der Waals surface area contributed by atoms with Crippen LogP contribution in [0.2, 0.25) is 0 Å². The molecule has 1 spiro atoms. The molecule has 2 fully saturated rings. The summed E-state index contributed by atoms with van der Waals surface area (Å²) < 4.78 is 12.2. The molecule has 23 heavy (non-hydrogen) atoms. The van der Waals surface area contributed by atoms with Gasteiger partial charge in [-0.05, 0) is 51.9 Å². The first-order valence-electron chi connectivity index (χ1n) is 8.95. The van der Waals surface area contributed by atoms with Gasteiger partial charge in [0, 0.05) is 17.8 Å². The molecule has 0 bridgehead atoms. The molecule has 1 heterocycles. The monoisotopic (exact) mass is 320 g/mol. The number of hydrogen-bond donors (Lipinski definition) is 0. The van der Waals surface area contributed by atoms with Crippen LogP contribution in [0, 0.1) is 17.3 Å². The first-order valence-corrected chi connectivity index (χ1v) is 8.95. The smallest absolute Gasteiger partial charge is 0.174 e. The van der Waals surface area contributed by atoms with Gasteiger partial charge in [-0.2, -0.15) is 0 Å². The minimum absolute atomic E-state index is 0.0509. The number of carbonyl (C=O) groups excluding carboxylic acids is 1. The minimum Gasteiger partial charge on any atom is -0.347 e. The van der Waals surface area contributed by atoms with Crippen LogP contribution in [0.15, 0.2) is 24.3 Å². The van der Waals surface area contributed by atoms with Crippen LogP contribution in [-0.4, -0.2) is 25.3 Å². The average Bonchev–Trinajstić information content (AvgIpc) is 3.10. The predicted octanol–water partition coefficient (Wildman–Crippen LogP) is 4.67. The zero-order valence-corrected chi connectivity index (χ0v) is 15.0. The Morgan fingerprint density at radius 1 is 1.35 bits per heavy atom. The molecule has 0 amide bonds. The number of hydrogen-bond acceptors (Lipinski definition) is 3. The Morgan fingerprint density at radius 3 is 2.61 bits per heavy atom. The van der Waals surface area contributed by atoms with Gasteiger partial charge in [0.2, 0.25) is 0 Å². The summed E-state index contributed by atoms with van der Waals surface area (Å²) in [7, 11) is 0. The second-order valence-electron chi connectivity index (χ2n) is 7.59. The highest BCUT2D eigenvalue weighted by molar-refractivity contribution is 5.53. The number of carbonyl (C=O) groups is 1. The van der Waals surface area contributed by atoms with E-state index in [1.807, 2.05) is 6.08 Å². The van der Waals surface area contributed by atoms with E-state index >= 15 is 0 Å². The van der Waals surface area contributed by atoms with Gasteiger partial charge in [-0.25, -0.2) is 0 Å². The molecular formula is C20H32O3. The van der Waals surface area contributed by atoms with E-state index in [1.54, 1.807) is 0 Å². The van der Waals surface area contributed by atoms with Crippen molar-refractivity contribution in [3.05, 3.63) is 24.3 Å². The Bertz CT molecular complexity index is 444. The second kappa shape index (κ2) is 7.76. The van der Waals surface area contributed by atoms with Gasteiger partial charge in [0.1, 0.15) is 6.29 Å². The van der Waals surface area contributed by atoms with Crippen LogP contribution in [0.1, 0.15) is 59.3 Å². The van der Waals surface area contributed by atoms with Crippen molar-refractivity contribution in [2.75, 3.05) is 13.2 Å². The zero-order valence-electron chi connectivity index (χ0n) is 15.0. The molecule has 2 aliphatic rings. The molecular weight excluding hydrogens is 288 g/mol. The molecule has 1 saturated heterocycles. The van der Waals surface area contributed by atoms with Crippen molar-refractivity contribution >= 4 is 6.29 Å². The van der Waals surface area contributed by atoms with Crippen LogP contribution in [0.4, 0.5) is 0 Å². The summed E-state index contributed by atoms with van der Waals surface area (Å²) in [5.74, 6) is 0.0689. The third kappa shape index (κ3) is 3.77. The predicted molar refractivity (Wildman–Crippen MR) is 93.1 cm³/mol. The third-order valence-corrected chi connectivity index (χ3v) is 5.78. The fourth-order valence-corrected chi connectivity index (χ4v) is 4.38. The quantitative estimate of drug-likeness (QED) is 0.481. The molecule has 3 atom stereocenters. The largest absolute Gasteiger partial charge is 0.347 e. The highest BCUT2D eigenvalue weighted by Gasteiger charge is 2.60. The van der Waals surface area contributed by atoms with E-state index in [1.165, 1.54) is 5.57 Å². The van der Waals surface area contributed by atoms with Crippen LogP contribution < -0.4 is 0 Å². The topological polar surface area (TPSA) is 35.5 Å². The Labute approximate surface area is 141 Å². The van der Waals surface area contributed by atoms with Crippen LogP contribution >= 0.6 is 0 Å². The standard InChI is InChI=1S/C20H32O3/c1-5-6-7-17(15-21)14-19(4)18(9-8-16(2)3)10-11-20(19)22-12-13-23-20/h5,8,15,17-18H,1,6-7,9-14H2,2-4H3/t17?,18-,19+/m0/s1. The van der Waals surface area contributed by atoms with Gasteiger partial charge in [0.05, 0.1) is 13.2 Å². The molecule has 2 rings (SSSR count). The van der Waals surface area contributed by atoms with E-state index in [0.29, 0.717) is 19.1 Å². The molecule has 0 N–H and O–H groups in total. The molecule has 3 nitrogen and oxygen atoms in total. The van der Waals surface area contributed by atoms with Crippen molar-refractivity contribution in [2.45, 2.75) is 65.1 Å². The maximum absolute atomic E-state index is 11.6. The number of rotatable bonds is 8. The average molecular weight is 320 g/mol. The first kappa shape index (κ1) is 18.4. The van der Waals surface area contributed by atoms with E-state index < -0.39 is 5.79 Å². The summed E-state index contributed by atoms with van der Waals surface area (Å²) >= 11 is 0. The van der Waals surface area contributed by atoms with Crippen LogP contribution in [0.25, 0.3) is 0 Å². The number of ether oxygens (including phenoxy) is 2. The summed E-state index contributed by atoms with van der Waals surface area (Å²) in [6, 6.07) is 0. The highest BCUT2D eigenvalue weighted by Crippen LogP contribution is 2.59. The SMILES string of the molecule is C=CCCC(C=O)C[C@]1(C)[C@@H](CC=C(C)C)CCC12OCCO2. The van der Waals surface area contributed by atoms with Crippen molar-refractivity contribution in [1.29, 1.82) is 0 Å². The van der Waals surface area contributed by atoms with Gasteiger partial charge in [-0.3, -0.25) is 0 Å². The van der Waals surface area contributed by atoms with Gasteiger partial charge in [-0.15, -0.1) is 6.58 Å². The molecule has 1 unspecified atom stereocenters. The summed E-state index contributed by atoms with van der Waals surface area (Å²) in [4.78, 5) is 11.6. The lowest BCUT2D eigenvalue weighted by atomic mass is 9.68. The highest BCUT2D eigenvalue weighted by atomic mass is 16.7. The summed E-state index contributed by atoms with van der Waals surface area (Å²) in [5.41, 5.74) is 1.24. The Morgan fingerprint density at radius 2 is 2.04 bits per heavy atom. The van der Waals surface area contributed by atoms with Gasteiger partial charge in [-0.1, -0.05) is 24.6 Å². The maximum atomic E-state index is 11.6. The molecule has 0 aromatic carbocycles. The molecule has 3 heteroatoms. The lowest BCUT2D eigenvalue weighted by molar-refractivity contribution is -0.229. The Hall–Kier alpha value is -0.930. The summed E-state index contributed by atoms with van der Waals surface area (Å²) in [5, 5.41) is 0. The fraction of sp³-hybridized carbons (Fsp3) is 0.750. The van der Waals surface area contributed by atoms with Crippen molar-refractivity contribution < 1.29 is 14.3 Å². The van der Waals surface area contributed by atoms with Crippen molar-refractivity contribution in [3.63, 3.8) is 0 Å². The van der Waals surface area contributed by atoms with Gasteiger partial charge in [0.25, 0.3) is 0 Å². The molecule has 1 saturated carbocycles. The summed E-state index contributed by atoms with van der Waals surface area (Å²) in [6.07, 6.45) is 11.0. The zero-order chi connectivity index (χ0) is 16.9. The Balaban J connectivity index is 2.21. The molecule has 0 aromatic rings. The van der Waals surface area contributed by atoms with Crippen molar-refractivity contribution in [1.82, 2.24) is 0 Å². The van der Waals surface area contributed by atoms with E-state index in [0.717, 1.165) is 44.8 Å². The number of allylic oxidation sites excluding steroid dienone is 3. The molecule has 130 valence electrons. The molecule has 1 aliphatic carbocycles. The minimum atomic E-state index is -0.484. The van der Waals surface area contributed by atoms with Crippen LogP contribution in [0.3, 0.4) is 0 Å². The van der Waals surface area contributed by atoms with Crippen molar-refractivity contribution in [3.8, 4) is 0 Å². The molecule has 0 radical (unpaired) electrons. The Kier molecular flexibility index (Phi) is 6.21. The van der Waals surface area contributed by atoms with E-state index in [2.05, 4.69) is 33.4 Å². The van der Waals surface area contributed by atoms with E-state index in [4.69, 9.17) is 9.47 Å². The van der Waals surface area contributed by atoms with Gasteiger partial charge < -0.3 is 14.3 Å². The van der Waals surface area contributed by atoms with Gasteiger partial charge >= 0.3 is 0 Å².